The molecule has 40 heavy (non-hydrogen) atoms. The van der Waals surface area contributed by atoms with Gasteiger partial charge in [-0.1, -0.05) is 107 Å². The molecule has 0 heterocycles. The first kappa shape index (κ1) is 25.6. The molecule has 0 spiro atoms. The Morgan fingerprint density at radius 2 is 1.00 bits per heavy atom. The van der Waals surface area contributed by atoms with E-state index in [9.17, 15) is 0 Å². The molecular formula is C39H43N. The standard InChI is InChI=1S/C39H43N/c1-39(2)37-26-31(29-14-8-4-9-15-29)20-24-35(37)36-25-23-34(27-38(36)39)40(32-16-10-5-11-17-32)33-21-18-30(19-22-33)28-12-6-3-7-13-28/h5,10-11,16-29H,3-4,6-9,12-15H2,1-2H3. The highest BCUT2D eigenvalue weighted by Gasteiger charge is 2.36. The van der Waals surface area contributed by atoms with Gasteiger partial charge in [-0.3, -0.25) is 0 Å². The molecule has 3 aliphatic carbocycles. The van der Waals surface area contributed by atoms with Crippen LogP contribution in [0, 0.1) is 0 Å². The van der Waals surface area contributed by atoms with Crippen molar-refractivity contribution in [1.82, 2.24) is 0 Å². The Kier molecular flexibility index (Phi) is 6.78. The molecule has 204 valence electrons. The van der Waals surface area contributed by atoms with Crippen LogP contribution in [0.1, 0.15) is 112 Å². The molecule has 0 atom stereocenters. The van der Waals surface area contributed by atoms with Gasteiger partial charge in [0.25, 0.3) is 0 Å². The van der Waals surface area contributed by atoms with Gasteiger partial charge < -0.3 is 4.90 Å². The number of benzene rings is 4. The Hall–Kier alpha value is -3.32. The molecule has 4 aromatic carbocycles. The number of hydrogen-bond acceptors (Lipinski definition) is 1. The summed E-state index contributed by atoms with van der Waals surface area (Å²) in [4.78, 5) is 2.44. The SMILES string of the molecule is CC1(C)c2cc(C3CCCCC3)ccc2-c2ccc(N(c3ccccc3)c3ccc(C4CCCCC4)cc3)cc21. The summed E-state index contributed by atoms with van der Waals surface area (Å²) < 4.78 is 0. The molecule has 0 saturated heterocycles. The zero-order chi connectivity index (χ0) is 27.1. The van der Waals surface area contributed by atoms with Gasteiger partial charge in [0.05, 0.1) is 0 Å². The summed E-state index contributed by atoms with van der Waals surface area (Å²) in [5.41, 5.74) is 12.5. The van der Waals surface area contributed by atoms with Gasteiger partial charge in [-0.15, -0.1) is 0 Å². The first-order valence-electron chi connectivity index (χ1n) is 15.8. The number of hydrogen-bond donors (Lipinski definition) is 0. The lowest BCUT2D eigenvalue weighted by molar-refractivity contribution is 0.443. The van der Waals surface area contributed by atoms with Gasteiger partial charge in [0.1, 0.15) is 0 Å². The van der Waals surface area contributed by atoms with E-state index in [0.717, 1.165) is 11.8 Å². The smallest absolute Gasteiger partial charge is 0.0465 e. The molecule has 0 unspecified atom stereocenters. The first-order valence-corrected chi connectivity index (χ1v) is 15.8. The number of rotatable bonds is 5. The van der Waals surface area contributed by atoms with Crippen LogP contribution in [0.2, 0.25) is 0 Å². The topological polar surface area (TPSA) is 3.24 Å². The highest BCUT2D eigenvalue weighted by molar-refractivity contribution is 5.85. The number of nitrogens with zero attached hydrogens (tertiary/aromatic N) is 1. The summed E-state index contributed by atoms with van der Waals surface area (Å²) in [5, 5.41) is 0. The van der Waals surface area contributed by atoms with E-state index < -0.39 is 0 Å². The average Bonchev–Trinajstić information content (AvgIpc) is 3.24. The molecule has 0 N–H and O–H groups in total. The fourth-order valence-corrected chi connectivity index (χ4v) is 7.93. The van der Waals surface area contributed by atoms with E-state index in [1.807, 2.05) is 0 Å². The van der Waals surface area contributed by atoms with E-state index in [1.165, 1.54) is 109 Å². The fourth-order valence-electron chi connectivity index (χ4n) is 7.93. The maximum absolute atomic E-state index is 2.56. The molecule has 1 nitrogen and oxygen atoms in total. The Labute approximate surface area is 241 Å². The second-order valence-electron chi connectivity index (χ2n) is 13.1. The molecule has 0 aliphatic heterocycles. The molecule has 0 aromatic heterocycles. The van der Waals surface area contributed by atoms with Crippen LogP contribution < -0.4 is 4.90 Å². The van der Waals surface area contributed by atoms with Crippen molar-refractivity contribution in [3.63, 3.8) is 0 Å². The summed E-state index contributed by atoms with van der Waals surface area (Å²) in [6.45, 7) is 4.86. The average molecular weight is 526 g/mol. The largest absolute Gasteiger partial charge is 0.310 e. The Morgan fingerprint density at radius 3 is 1.65 bits per heavy atom. The highest BCUT2D eigenvalue weighted by Crippen LogP contribution is 2.52. The van der Waals surface area contributed by atoms with Crippen molar-refractivity contribution in [2.45, 2.75) is 95.3 Å². The summed E-state index contributed by atoms with van der Waals surface area (Å²) in [7, 11) is 0. The third-order valence-corrected chi connectivity index (χ3v) is 10.3. The quantitative estimate of drug-likeness (QED) is 0.250. The van der Waals surface area contributed by atoms with E-state index in [-0.39, 0.29) is 5.41 Å². The second kappa shape index (κ2) is 10.6. The van der Waals surface area contributed by atoms with E-state index in [1.54, 1.807) is 5.56 Å². The summed E-state index contributed by atoms with van der Waals surface area (Å²) in [6.07, 6.45) is 13.7. The minimum Gasteiger partial charge on any atom is -0.310 e. The molecule has 3 aliphatic rings. The molecule has 2 saturated carbocycles. The van der Waals surface area contributed by atoms with Crippen molar-refractivity contribution in [2.24, 2.45) is 0 Å². The maximum atomic E-state index is 2.56. The third-order valence-electron chi connectivity index (χ3n) is 10.3. The third kappa shape index (κ3) is 4.58. The molecule has 7 rings (SSSR count). The number of fused-ring (bicyclic) bond motifs is 3. The fraction of sp³-hybridized carbons (Fsp3) is 0.385. The summed E-state index contributed by atoms with van der Waals surface area (Å²) in [5.74, 6) is 1.46. The Balaban J connectivity index is 1.26. The van der Waals surface area contributed by atoms with Crippen molar-refractivity contribution in [3.8, 4) is 11.1 Å². The predicted molar refractivity (Wildman–Crippen MR) is 170 cm³/mol. The number of anilines is 3. The normalized spacial score (nSPS) is 18.8. The van der Waals surface area contributed by atoms with E-state index in [2.05, 4.69) is 110 Å². The van der Waals surface area contributed by atoms with E-state index >= 15 is 0 Å². The van der Waals surface area contributed by atoms with E-state index in [0.29, 0.717) is 0 Å². The lowest BCUT2D eigenvalue weighted by Gasteiger charge is -2.29. The van der Waals surface area contributed by atoms with Gasteiger partial charge in [-0.25, -0.2) is 0 Å². The Bertz CT molecular complexity index is 1470. The molecular weight excluding hydrogens is 482 g/mol. The van der Waals surface area contributed by atoms with Crippen LogP contribution >= 0.6 is 0 Å². The first-order chi connectivity index (χ1) is 19.6. The highest BCUT2D eigenvalue weighted by atomic mass is 15.1. The summed E-state index contributed by atoms with van der Waals surface area (Å²) in [6, 6.07) is 35.0. The predicted octanol–water partition coefficient (Wildman–Crippen LogP) is 11.6. The van der Waals surface area contributed by atoms with E-state index in [4.69, 9.17) is 0 Å². The zero-order valence-corrected chi connectivity index (χ0v) is 24.3. The van der Waals surface area contributed by atoms with Gasteiger partial charge in [-0.2, -0.15) is 0 Å². The van der Waals surface area contributed by atoms with Gasteiger partial charge in [0.2, 0.25) is 0 Å². The zero-order valence-electron chi connectivity index (χ0n) is 24.3. The van der Waals surface area contributed by atoms with Crippen LogP contribution in [0.5, 0.6) is 0 Å². The van der Waals surface area contributed by atoms with Gasteiger partial charge >= 0.3 is 0 Å². The van der Waals surface area contributed by atoms with Crippen molar-refractivity contribution in [1.29, 1.82) is 0 Å². The molecule has 0 radical (unpaired) electrons. The molecule has 0 amide bonds. The maximum Gasteiger partial charge on any atom is 0.0465 e. The van der Waals surface area contributed by atoms with Crippen LogP contribution in [0.15, 0.2) is 91.0 Å². The van der Waals surface area contributed by atoms with Crippen LogP contribution in [0.4, 0.5) is 17.1 Å². The second-order valence-corrected chi connectivity index (χ2v) is 13.1. The van der Waals surface area contributed by atoms with Crippen molar-refractivity contribution < 1.29 is 0 Å². The van der Waals surface area contributed by atoms with Gasteiger partial charge in [0, 0.05) is 22.5 Å². The molecule has 1 heteroatoms. The van der Waals surface area contributed by atoms with Crippen LogP contribution in [-0.2, 0) is 5.41 Å². The minimum absolute atomic E-state index is 0.0153. The summed E-state index contributed by atoms with van der Waals surface area (Å²) >= 11 is 0. The van der Waals surface area contributed by atoms with Crippen LogP contribution in [0.3, 0.4) is 0 Å². The lowest BCUT2D eigenvalue weighted by atomic mass is 9.79. The van der Waals surface area contributed by atoms with Crippen LogP contribution in [0.25, 0.3) is 11.1 Å². The van der Waals surface area contributed by atoms with Crippen molar-refractivity contribution in [2.75, 3.05) is 4.90 Å². The Morgan fingerprint density at radius 1 is 0.500 bits per heavy atom. The van der Waals surface area contributed by atoms with Crippen LogP contribution in [-0.4, -0.2) is 0 Å². The number of para-hydroxylation sites is 1. The van der Waals surface area contributed by atoms with Crippen molar-refractivity contribution >= 4 is 17.1 Å². The minimum atomic E-state index is -0.0153. The van der Waals surface area contributed by atoms with Crippen molar-refractivity contribution in [3.05, 3.63) is 113 Å². The molecule has 4 aromatic rings. The molecule has 0 bridgehead atoms. The monoisotopic (exact) mass is 525 g/mol. The van der Waals surface area contributed by atoms with Gasteiger partial charge in [-0.05, 0) is 107 Å². The van der Waals surface area contributed by atoms with Gasteiger partial charge in [0.15, 0.2) is 0 Å². The molecule has 2 fully saturated rings. The lowest BCUT2D eigenvalue weighted by Crippen LogP contribution is -2.17.